The average molecular weight is 261 g/mol. The minimum atomic E-state index is -0.496. The maximum atomic E-state index is 12.1. The lowest BCUT2D eigenvalue weighted by molar-refractivity contribution is -0.122. The zero-order chi connectivity index (χ0) is 12.5. The quantitative estimate of drug-likeness (QED) is 0.898. The summed E-state index contributed by atoms with van der Waals surface area (Å²) < 4.78 is 9.38. The van der Waals surface area contributed by atoms with Crippen molar-refractivity contribution in [2.24, 2.45) is 0 Å². The number of hydrogen-bond donors (Lipinski definition) is 1. The van der Waals surface area contributed by atoms with Gasteiger partial charge in [-0.1, -0.05) is 29.6 Å². The predicted molar refractivity (Wildman–Crippen MR) is 67.8 cm³/mol. The Balaban J connectivity index is 1.78. The summed E-state index contributed by atoms with van der Waals surface area (Å²) >= 11 is 1.15. The molecule has 0 radical (unpaired) electrons. The Morgan fingerprint density at radius 3 is 3.00 bits per heavy atom. The first-order valence-electron chi connectivity index (χ1n) is 5.59. The summed E-state index contributed by atoms with van der Waals surface area (Å²) in [5.41, 5.74) is 1.07. The molecule has 0 saturated heterocycles. The van der Waals surface area contributed by atoms with Gasteiger partial charge in [0, 0.05) is 23.0 Å². The Morgan fingerprint density at radius 2 is 2.28 bits per heavy atom. The molecule has 1 N–H and O–H groups in total. The van der Waals surface area contributed by atoms with Crippen LogP contribution >= 0.6 is 11.5 Å². The molecule has 92 valence electrons. The van der Waals surface area contributed by atoms with E-state index in [1.54, 1.807) is 0 Å². The minimum Gasteiger partial charge on any atom is -0.480 e. The molecule has 1 aromatic carbocycles. The average Bonchev–Trinajstić information content (AvgIpc) is 2.98. The highest BCUT2D eigenvalue weighted by atomic mass is 32.1. The van der Waals surface area contributed by atoms with E-state index in [9.17, 15) is 4.79 Å². The topological polar surface area (TPSA) is 64.1 Å². The third kappa shape index (κ3) is 1.84. The molecule has 0 unspecified atom stereocenters. The molecule has 3 rings (SSSR count). The summed E-state index contributed by atoms with van der Waals surface area (Å²) in [6, 6.07) is 7.72. The van der Waals surface area contributed by atoms with E-state index in [0.29, 0.717) is 5.00 Å². The third-order valence-electron chi connectivity index (χ3n) is 2.98. The van der Waals surface area contributed by atoms with Gasteiger partial charge in [-0.25, -0.2) is 0 Å². The highest BCUT2D eigenvalue weighted by Crippen LogP contribution is 2.37. The first-order valence-corrected chi connectivity index (χ1v) is 6.37. The number of anilines is 1. The van der Waals surface area contributed by atoms with Gasteiger partial charge in [-0.3, -0.25) is 4.79 Å². The molecule has 5 nitrogen and oxygen atoms in total. The van der Waals surface area contributed by atoms with Gasteiger partial charge in [-0.2, -0.15) is 0 Å². The lowest BCUT2D eigenvalue weighted by Crippen LogP contribution is -2.33. The number of hydrogen-bond acceptors (Lipinski definition) is 5. The summed E-state index contributed by atoms with van der Waals surface area (Å²) in [5, 5.41) is 7.06. The SMILES string of the molecule is C[C@H]1c2ccccc2O[C@H]1C(=O)Nc1cnns1. The monoisotopic (exact) mass is 261 g/mol. The second-order valence-electron chi connectivity index (χ2n) is 4.14. The highest BCUT2D eigenvalue weighted by Gasteiger charge is 2.36. The molecule has 0 bridgehead atoms. The molecule has 6 heteroatoms. The second-order valence-corrected chi connectivity index (χ2v) is 4.92. The predicted octanol–water partition coefficient (Wildman–Crippen LogP) is 2.04. The summed E-state index contributed by atoms with van der Waals surface area (Å²) in [5.74, 6) is 0.666. The normalized spacial score (nSPS) is 21.2. The molecule has 2 atom stereocenters. The Morgan fingerprint density at radius 1 is 1.44 bits per heavy atom. The van der Waals surface area contributed by atoms with Crippen LogP contribution in [0.2, 0.25) is 0 Å². The molecule has 0 aliphatic carbocycles. The third-order valence-corrected chi connectivity index (χ3v) is 3.56. The van der Waals surface area contributed by atoms with E-state index in [-0.39, 0.29) is 11.8 Å². The van der Waals surface area contributed by atoms with Crippen molar-refractivity contribution >= 4 is 22.4 Å². The van der Waals surface area contributed by atoms with E-state index in [1.165, 1.54) is 6.20 Å². The van der Waals surface area contributed by atoms with Crippen LogP contribution in [0.3, 0.4) is 0 Å². The summed E-state index contributed by atoms with van der Waals surface area (Å²) in [6.07, 6.45) is 1.03. The van der Waals surface area contributed by atoms with Crippen molar-refractivity contribution in [2.75, 3.05) is 5.32 Å². The number of nitrogens with zero attached hydrogens (tertiary/aromatic N) is 2. The highest BCUT2D eigenvalue weighted by molar-refractivity contribution is 7.10. The van der Waals surface area contributed by atoms with Gasteiger partial charge in [0.25, 0.3) is 5.91 Å². The van der Waals surface area contributed by atoms with Gasteiger partial charge in [0.15, 0.2) is 6.10 Å². The number of benzene rings is 1. The first-order chi connectivity index (χ1) is 8.75. The number of ether oxygens (including phenoxy) is 1. The van der Waals surface area contributed by atoms with Crippen LogP contribution in [0.25, 0.3) is 0 Å². The molecule has 1 aliphatic rings. The van der Waals surface area contributed by atoms with Gasteiger partial charge >= 0.3 is 0 Å². The van der Waals surface area contributed by atoms with Gasteiger partial charge in [-0.15, -0.1) is 5.10 Å². The number of nitrogens with one attached hydrogen (secondary N) is 1. The number of rotatable bonds is 2. The van der Waals surface area contributed by atoms with E-state index in [1.807, 2.05) is 31.2 Å². The van der Waals surface area contributed by atoms with Crippen molar-refractivity contribution in [1.29, 1.82) is 0 Å². The molecule has 2 aromatic rings. The fourth-order valence-corrected chi connectivity index (χ4v) is 2.48. The molecule has 1 aliphatic heterocycles. The van der Waals surface area contributed by atoms with Crippen LogP contribution in [-0.2, 0) is 4.79 Å². The van der Waals surface area contributed by atoms with E-state index in [4.69, 9.17) is 4.74 Å². The molecular formula is C12H11N3O2S. The van der Waals surface area contributed by atoms with Crippen LogP contribution in [0, 0.1) is 0 Å². The molecular weight excluding hydrogens is 250 g/mol. The number of aromatic nitrogens is 2. The van der Waals surface area contributed by atoms with Gasteiger partial charge in [-0.05, 0) is 6.07 Å². The van der Waals surface area contributed by atoms with Crippen molar-refractivity contribution in [3.63, 3.8) is 0 Å². The van der Waals surface area contributed by atoms with E-state index >= 15 is 0 Å². The molecule has 1 amide bonds. The van der Waals surface area contributed by atoms with Crippen molar-refractivity contribution in [3.8, 4) is 5.75 Å². The first kappa shape index (κ1) is 11.2. The fraction of sp³-hybridized carbons (Fsp3) is 0.250. The maximum Gasteiger partial charge on any atom is 0.266 e. The van der Waals surface area contributed by atoms with Crippen LogP contribution in [0.1, 0.15) is 18.4 Å². The van der Waals surface area contributed by atoms with Gasteiger partial charge < -0.3 is 10.1 Å². The van der Waals surface area contributed by atoms with E-state index in [0.717, 1.165) is 22.8 Å². The maximum absolute atomic E-state index is 12.1. The number of fused-ring (bicyclic) bond motifs is 1. The zero-order valence-electron chi connectivity index (χ0n) is 9.66. The molecule has 0 fully saturated rings. The Bertz CT molecular complexity index is 570. The number of amides is 1. The van der Waals surface area contributed by atoms with Crippen LogP contribution in [-0.4, -0.2) is 21.6 Å². The van der Waals surface area contributed by atoms with Crippen molar-refractivity contribution in [3.05, 3.63) is 36.0 Å². The number of para-hydroxylation sites is 1. The van der Waals surface area contributed by atoms with E-state index in [2.05, 4.69) is 14.9 Å². The summed E-state index contributed by atoms with van der Waals surface area (Å²) in [6.45, 7) is 1.99. The molecule has 2 heterocycles. The zero-order valence-corrected chi connectivity index (χ0v) is 10.5. The molecule has 0 spiro atoms. The van der Waals surface area contributed by atoms with Gasteiger partial charge in [0.2, 0.25) is 0 Å². The second kappa shape index (κ2) is 4.38. The van der Waals surface area contributed by atoms with Crippen LogP contribution in [0.4, 0.5) is 5.00 Å². The summed E-state index contributed by atoms with van der Waals surface area (Å²) in [4.78, 5) is 12.1. The smallest absolute Gasteiger partial charge is 0.266 e. The van der Waals surface area contributed by atoms with Crippen molar-refractivity contribution < 1.29 is 9.53 Å². The van der Waals surface area contributed by atoms with Crippen molar-refractivity contribution in [1.82, 2.24) is 9.59 Å². The Kier molecular flexibility index (Phi) is 2.71. The molecule has 1 aromatic heterocycles. The van der Waals surface area contributed by atoms with Crippen LogP contribution < -0.4 is 10.1 Å². The fourth-order valence-electron chi connectivity index (χ4n) is 2.06. The number of carbonyl (C=O) groups is 1. The van der Waals surface area contributed by atoms with Crippen LogP contribution in [0.15, 0.2) is 30.5 Å². The largest absolute Gasteiger partial charge is 0.480 e. The Labute approximate surface area is 108 Å². The van der Waals surface area contributed by atoms with Gasteiger partial charge in [0.05, 0.1) is 6.20 Å². The lowest BCUT2D eigenvalue weighted by atomic mass is 9.97. The number of carbonyl (C=O) groups excluding carboxylic acids is 1. The summed E-state index contributed by atoms with van der Waals surface area (Å²) in [7, 11) is 0. The van der Waals surface area contributed by atoms with E-state index < -0.39 is 6.10 Å². The molecule has 18 heavy (non-hydrogen) atoms. The molecule has 0 saturated carbocycles. The lowest BCUT2D eigenvalue weighted by Gasteiger charge is -2.13. The minimum absolute atomic E-state index is 0.0436. The Hall–Kier alpha value is -1.95. The van der Waals surface area contributed by atoms with Crippen molar-refractivity contribution in [2.45, 2.75) is 18.9 Å². The van der Waals surface area contributed by atoms with Gasteiger partial charge in [0.1, 0.15) is 10.8 Å². The standard InChI is InChI=1S/C12H11N3O2S/c1-7-8-4-2-3-5-9(8)17-11(7)12(16)14-10-6-13-15-18-10/h2-7,11H,1H3,(H,14,16)/t7-,11+/m0/s1. The van der Waals surface area contributed by atoms with Crippen LogP contribution in [0.5, 0.6) is 5.75 Å².